The lowest BCUT2D eigenvalue weighted by Gasteiger charge is -2.12. The number of amides is 1. The summed E-state index contributed by atoms with van der Waals surface area (Å²) in [7, 11) is 1.77. The monoisotopic (exact) mass is 400 g/mol. The Morgan fingerprint density at radius 3 is 2.86 bits per heavy atom. The van der Waals surface area contributed by atoms with Gasteiger partial charge in [0.25, 0.3) is 11.5 Å². The summed E-state index contributed by atoms with van der Waals surface area (Å²) < 4.78 is 1.63. The van der Waals surface area contributed by atoms with E-state index >= 15 is 0 Å². The number of carbonyl (C=O) groups excluding carboxylic acids is 1. The maximum Gasteiger partial charge on any atom is 0.275 e. The number of hydrogen-bond donors (Lipinski definition) is 3. The van der Waals surface area contributed by atoms with E-state index in [0.29, 0.717) is 11.3 Å². The van der Waals surface area contributed by atoms with E-state index in [1.165, 1.54) is 0 Å². The molecule has 9 heteroatoms. The van der Waals surface area contributed by atoms with Crippen molar-refractivity contribution in [3.63, 3.8) is 0 Å². The summed E-state index contributed by atoms with van der Waals surface area (Å²) in [6.45, 7) is 1.85. The van der Waals surface area contributed by atoms with Crippen LogP contribution in [0.2, 0.25) is 5.15 Å². The summed E-state index contributed by atoms with van der Waals surface area (Å²) >= 11 is 6.10. The first-order valence-corrected chi connectivity index (χ1v) is 9.63. The number of carbonyl (C=O) groups is 1. The molecular weight excluding hydrogens is 380 g/mol. The predicted octanol–water partition coefficient (Wildman–Crippen LogP) is 2.64. The molecule has 0 saturated carbocycles. The largest absolute Gasteiger partial charge is 0.325 e. The van der Waals surface area contributed by atoms with Crippen LogP contribution in [-0.4, -0.2) is 25.7 Å². The highest BCUT2D eigenvalue weighted by molar-refractivity contribution is 6.30. The minimum Gasteiger partial charge on any atom is -0.325 e. The van der Waals surface area contributed by atoms with E-state index in [2.05, 4.69) is 25.9 Å². The number of nitrogens with one attached hydrogen (secondary N) is 3. The number of nitrogens with zero attached hydrogens (tertiary/aromatic N) is 3. The number of pyridine rings is 2. The van der Waals surface area contributed by atoms with Crippen LogP contribution in [0.5, 0.6) is 0 Å². The highest BCUT2D eigenvalue weighted by Gasteiger charge is 2.18. The van der Waals surface area contributed by atoms with Crippen LogP contribution in [0.1, 0.15) is 46.6 Å². The Hall–Kier alpha value is -2.87. The van der Waals surface area contributed by atoms with Gasteiger partial charge in [0.15, 0.2) is 5.65 Å². The molecular formula is C19H21ClN6O2. The maximum atomic E-state index is 12.7. The number of fused-ring (bicyclic) bond motifs is 2. The lowest BCUT2D eigenvalue weighted by molar-refractivity contribution is 0.0961. The van der Waals surface area contributed by atoms with Crippen LogP contribution >= 0.6 is 11.6 Å². The summed E-state index contributed by atoms with van der Waals surface area (Å²) in [5, 5.41) is 5.36. The molecule has 1 aliphatic rings. The van der Waals surface area contributed by atoms with Gasteiger partial charge in [-0.15, -0.1) is 0 Å². The van der Waals surface area contributed by atoms with Crippen LogP contribution in [0, 0.1) is 6.92 Å². The first kappa shape index (κ1) is 18.5. The second-order valence-corrected chi connectivity index (χ2v) is 7.44. The molecule has 1 amide bonds. The second kappa shape index (κ2) is 7.27. The molecule has 0 aromatic carbocycles. The third-order valence-electron chi connectivity index (χ3n) is 5.08. The van der Waals surface area contributed by atoms with Crippen LogP contribution in [0.25, 0.3) is 11.0 Å². The van der Waals surface area contributed by atoms with E-state index in [1.54, 1.807) is 23.9 Å². The molecule has 0 aliphatic heterocycles. The number of halogens is 1. The van der Waals surface area contributed by atoms with Crippen LogP contribution in [0.3, 0.4) is 0 Å². The number of rotatable bonds is 3. The van der Waals surface area contributed by atoms with E-state index in [0.717, 1.165) is 54.4 Å². The minimum absolute atomic E-state index is 0.0902. The third-order valence-corrected chi connectivity index (χ3v) is 5.27. The molecule has 28 heavy (non-hydrogen) atoms. The smallest absolute Gasteiger partial charge is 0.275 e. The van der Waals surface area contributed by atoms with E-state index in [-0.39, 0.29) is 16.3 Å². The zero-order valence-electron chi connectivity index (χ0n) is 15.7. The van der Waals surface area contributed by atoms with E-state index in [4.69, 9.17) is 11.6 Å². The van der Waals surface area contributed by atoms with Crippen molar-refractivity contribution in [1.82, 2.24) is 25.2 Å². The lowest BCUT2D eigenvalue weighted by atomic mass is 10.1. The molecule has 3 heterocycles. The molecule has 8 nitrogen and oxygen atoms in total. The molecule has 0 spiro atoms. The van der Waals surface area contributed by atoms with Gasteiger partial charge in [-0.3, -0.25) is 25.1 Å². The average Bonchev–Trinajstić information content (AvgIpc) is 2.82. The highest BCUT2D eigenvalue weighted by atomic mass is 35.5. The Morgan fingerprint density at radius 2 is 2.04 bits per heavy atom. The fraction of sp³-hybridized carbons (Fsp3) is 0.368. The molecule has 0 unspecified atom stereocenters. The first-order chi connectivity index (χ1) is 13.4. The van der Waals surface area contributed by atoms with E-state index < -0.39 is 5.91 Å². The molecule has 1 aliphatic carbocycles. The zero-order valence-corrected chi connectivity index (χ0v) is 16.5. The molecule has 4 rings (SSSR count). The SMILES string of the molecule is Cc1nn(C)c2nc(Cl)cc(NNC(=O)c3cc4c([nH]c3=O)CCCCC4)c12. The van der Waals surface area contributed by atoms with Crippen molar-refractivity contribution in [3.05, 3.63) is 50.2 Å². The summed E-state index contributed by atoms with van der Waals surface area (Å²) in [4.78, 5) is 32.2. The van der Waals surface area contributed by atoms with Gasteiger partial charge in [-0.1, -0.05) is 18.0 Å². The summed E-state index contributed by atoms with van der Waals surface area (Å²) in [6, 6.07) is 3.32. The number of hydrazine groups is 1. The average molecular weight is 401 g/mol. The van der Waals surface area contributed by atoms with Crippen molar-refractivity contribution in [2.75, 3.05) is 5.43 Å². The van der Waals surface area contributed by atoms with Gasteiger partial charge >= 0.3 is 0 Å². The number of hydrogen-bond acceptors (Lipinski definition) is 5. The normalized spacial score (nSPS) is 13.8. The molecule has 0 fully saturated rings. The third kappa shape index (κ3) is 3.35. The van der Waals surface area contributed by atoms with Crippen LogP contribution in [0.15, 0.2) is 16.9 Å². The lowest BCUT2D eigenvalue weighted by Crippen LogP contribution is -2.34. The molecule has 3 aromatic heterocycles. The van der Waals surface area contributed by atoms with Gasteiger partial charge in [0.1, 0.15) is 10.7 Å². The number of aromatic amines is 1. The van der Waals surface area contributed by atoms with Crippen molar-refractivity contribution in [2.45, 2.75) is 39.0 Å². The van der Waals surface area contributed by atoms with Gasteiger partial charge in [-0.2, -0.15) is 5.10 Å². The summed E-state index contributed by atoms with van der Waals surface area (Å²) in [6.07, 6.45) is 4.96. The van der Waals surface area contributed by atoms with Crippen molar-refractivity contribution in [1.29, 1.82) is 0 Å². The van der Waals surface area contributed by atoms with E-state index in [1.807, 2.05) is 6.92 Å². The Bertz CT molecular complexity index is 1130. The molecule has 0 saturated heterocycles. The first-order valence-electron chi connectivity index (χ1n) is 9.25. The summed E-state index contributed by atoms with van der Waals surface area (Å²) in [5.41, 5.74) is 9.09. The number of H-pyrrole nitrogens is 1. The Labute approximate surface area is 166 Å². The molecule has 0 radical (unpaired) electrons. The van der Waals surface area contributed by atoms with Crippen molar-refractivity contribution < 1.29 is 4.79 Å². The van der Waals surface area contributed by atoms with Gasteiger partial charge in [0.05, 0.1) is 16.8 Å². The van der Waals surface area contributed by atoms with Gasteiger partial charge in [-0.05, 0) is 44.2 Å². The molecule has 0 bridgehead atoms. The van der Waals surface area contributed by atoms with Gasteiger partial charge < -0.3 is 4.98 Å². The van der Waals surface area contributed by atoms with Gasteiger partial charge in [0.2, 0.25) is 0 Å². The van der Waals surface area contributed by atoms with Crippen LogP contribution < -0.4 is 16.4 Å². The fourth-order valence-electron chi connectivity index (χ4n) is 3.72. The predicted molar refractivity (Wildman–Crippen MR) is 108 cm³/mol. The zero-order chi connectivity index (χ0) is 19.8. The number of aryl methyl sites for hydroxylation is 4. The van der Waals surface area contributed by atoms with Crippen molar-refractivity contribution in [3.8, 4) is 0 Å². The topological polar surface area (TPSA) is 105 Å². The Balaban J connectivity index is 1.61. The Kier molecular flexibility index (Phi) is 4.80. The van der Waals surface area contributed by atoms with Crippen molar-refractivity contribution in [2.24, 2.45) is 7.05 Å². The molecule has 3 aromatic rings. The van der Waals surface area contributed by atoms with E-state index in [9.17, 15) is 9.59 Å². The maximum absolute atomic E-state index is 12.7. The molecule has 0 atom stereocenters. The van der Waals surface area contributed by atoms with Crippen LogP contribution in [0.4, 0.5) is 5.69 Å². The number of anilines is 1. The number of aromatic nitrogens is 4. The van der Waals surface area contributed by atoms with Crippen molar-refractivity contribution >= 4 is 34.2 Å². The quantitative estimate of drug-likeness (QED) is 0.356. The Morgan fingerprint density at radius 1 is 1.25 bits per heavy atom. The fourth-order valence-corrected chi connectivity index (χ4v) is 3.91. The standard InChI is InChI=1S/C19H21ClN6O2/c1-10-16-14(9-15(20)22-17(16)26(2)25-10)23-24-19(28)12-8-11-6-4-3-5-7-13(11)21-18(12)27/h8-9H,3-7H2,1-2H3,(H,21,27)(H,22,23)(H,24,28). The molecule has 3 N–H and O–H groups in total. The van der Waals surface area contributed by atoms with Gasteiger partial charge in [0, 0.05) is 18.8 Å². The van der Waals surface area contributed by atoms with Crippen LogP contribution in [-0.2, 0) is 19.9 Å². The highest BCUT2D eigenvalue weighted by Crippen LogP contribution is 2.27. The van der Waals surface area contributed by atoms with Gasteiger partial charge in [-0.25, -0.2) is 4.98 Å². The second-order valence-electron chi connectivity index (χ2n) is 7.06. The molecule has 146 valence electrons. The summed E-state index contributed by atoms with van der Waals surface area (Å²) in [5.74, 6) is -0.504. The minimum atomic E-state index is -0.504.